The van der Waals surface area contributed by atoms with Crippen LogP contribution in [0, 0.1) is 19.7 Å². The molecule has 0 saturated heterocycles. The molecule has 3 aromatic rings. The fourth-order valence-corrected chi connectivity index (χ4v) is 2.75. The SMILES string of the molecule is COc1ccc(CN(C)C(=O)c2cc(C)nc3onc(C)c23)cc1F. The maximum absolute atomic E-state index is 13.8. The monoisotopic (exact) mass is 343 g/mol. The Morgan fingerprint density at radius 2 is 2.08 bits per heavy atom. The van der Waals surface area contributed by atoms with Crippen LogP contribution in [0.25, 0.3) is 11.1 Å². The Balaban J connectivity index is 1.90. The second-order valence-corrected chi connectivity index (χ2v) is 5.89. The summed E-state index contributed by atoms with van der Waals surface area (Å²) in [7, 11) is 3.07. The van der Waals surface area contributed by atoms with Crippen LogP contribution in [0.2, 0.25) is 0 Å². The van der Waals surface area contributed by atoms with Crippen molar-refractivity contribution in [2.45, 2.75) is 20.4 Å². The van der Waals surface area contributed by atoms with Gasteiger partial charge in [0, 0.05) is 19.3 Å². The van der Waals surface area contributed by atoms with Crippen molar-refractivity contribution in [3.05, 3.63) is 52.6 Å². The molecule has 1 amide bonds. The van der Waals surface area contributed by atoms with Crippen LogP contribution in [0.4, 0.5) is 4.39 Å². The Labute approximate surface area is 144 Å². The Morgan fingerprint density at radius 1 is 1.32 bits per heavy atom. The maximum atomic E-state index is 13.8. The molecule has 3 rings (SSSR count). The molecule has 2 heterocycles. The lowest BCUT2D eigenvalue weighted by Gasteiger charge is -2.18. The summed E-state index contributed by atoms with van der Waals surface area (Å²) in [5.74, 6) is -0.500. The lowest BCUT2D eigenvalue weighted by molar-refractivity contribution is 0.0786. The second kappa shape index (κ2) is 6.51. The lowest BCUT2D eigenvalue weighted by atomic mass is 10.1. The highest BCUT2D eigenvalue weighted by atomic mass is 19.1. The maximum Gasteiger partial charge on any atom is 0.258 e. The molecule has 0 N–H and O–H groups in total. The summed E-state index contributed by atoms with van der Waals surface area (Å²) in [5.41, 5.74) is 2.74. The molecule has 0 atom stereocenters. The third kappa shape index (κ3) is 3.17. The van der Waals surface area contributed by atoms with E-state index in [4.69, 9.17) is 9.26 Å². The average Bonchev–Trinajstić information content (AvgIpc) is 2.94. The van der Waals surface area contributed by atoms with Crippen LogP contribution < -0.4 is 4.74 Å². The molecule has 0 aliphatic heterocycles. The first-order valence-corrected chi connectivity index (χ1v) is 7.72. The van der Waals surface area contributed by atoms with Crippen LogP contribution in [0.5, 0.6) is 5.75 Å². The molecule has 0 saturated carbocycles. The summed E-state index contributed by atoms with van der Waals surface area (Å²) in [6.45, 7) is 3.80. The first-order valence-electron chi connectivity index (χ1n) is 7.72. The molecule has 7 heteroatoms. The van der Waals surface area contributed by atoms with Gasteiger partial charge in [-0.05, 0) is 37.6 Å². The number of aromatic nitrogens is 2. The van der Waals surface area contributed by atoms with Crippen LogP contribution in [0.1, 0.15) is 27.3 Å². The largest absolute Gasteiger partial charge is 0.494 e. The number of halogens is 1. The van der Waals surface area contributed by atoms with E-state index in [2.05, 4.69) is 10.1 Å². The second-order valence-electron chi connectivity index (χ2n) is 5.89. The fraction of sp³-hybridized carbons (Fsp3) is 0.278. The predicted octanol–water partition coefficient (Wildman–Crippen LogP) is 3.26. The van der Waals surface area contributed by atoms with Gasteiger partial charge in [-0.1, -0.05) is 11.2 Å². The van der Waals surface area contributed by atoms with Crippen LogP contribution in [0.15, 0.2) is 28.8 Å². The molecular weight excluding hydrogens is 325 g/mol. The molecule has 1 aromatic carbocycles. The van der Waals surface area contributed by atoms with E-state index in [1.807, 2.05) is 0 Å². The van der Waals surface area contributed by atoms with Gasteiger partial charge in [-0.25, -0.2) is 9.37 Å². The van der Waals surface area contributed by atoms with E-state index >= 15 is 0 Å². The van der Waals surface area contributed by atoms with E-state index in [9.17, 15) is 9.18 Å². The van der Waals surface area contributed by atoms with Crippen LogP contribution in [-0.2, 0) is 6.54 Å². The zero-order chi connectivity index (χ0) is 18.1. The minimum atomic E-state index is -0.460. The van der Waals surface area contributed by atoms with Gasteiger partial charge >= 0.3 is 0 Å². The van der Waals surface area contributed by atoms with Crippen LogP contribution in [0.3, 0.4) is 0 Å². The number of pyridine rings is 1. The van der Waals surface area contributed by atoms with Crippen LogP contribution >= 0.6 is 0 Å². The van der Waals surface area contributed by atoms with Gasteiger partial charge in [0.15, 0.2) is 11.6 Å². The summed E-state index contributed by atoms with van der Waals surface area (Å²) in [6, 6.07) is 6.34. The van der Waals surface area contributed by atoms with Gasteiger partial charge in [0.1, 0.15) is 0 Å². The van der Waals surface area contributed by atoms with Crippen molar-refractivity contribution >= 4 is 17.0 Å². The number of aryl methyl sites for hydroxylation is 2. The Bertz CT molecular complexity index is 952. The van der Waals surface area contributed by atoms with Crippen molar-refractivity contribution in [1.29, 1.82) is 0 Å². The number of ether oxygens (including phenoxy) is 1. The highest BCUT2D eigenvalue weighted by molar-refractivity contribution is 6.05. The molecule has 0 bridgehead atoms. The standard InChI is InChI=1S/C18H18FN3O3/c1-10-7-13(16-11(2)21-25-17(16)20-10)18(23)22(3)9-12-5-6-15(24-4)14(19)8-12/h5-8H,9H2,1-4H3. The summed E-state index contributed by atoms with van der Waals surface area (Å²) >= 11 is 0. The molecule has 0 spiro atoms. The number of amides is 1. The Hall–Kier alpha value is -2.96. The molecule has 25 heavy (non-hydrogen) atoms. The van der Waals surface area contributed by atoms with E-state index in [1.165, 1.54) is 18.1 Å². The van der Waals surface area contributed by atoms with Gasteiger partial charge in [0.2, 0.25) is 0 Å². The topological polar surface area (TPSA) is 68.5 Å². The highest BCUT2D eigenvalue weighted by Gasteiger charge is 2.21. The summed E-state index contributed by atoms with van der Waals surface area (Å²) in [6.07, 6.45) is 0. The molecule has 130 valence electrons. The van der Waals surface area contributed by atoms with Gasteiger partial charge in [0.05, 0.1) is 23.8 Å². The number of fused-ring (bicyclic) bond motifs is 1. The van der Waals surface area contributed by atoms with Crippen molar-refractivity contribution in [1.82, 2.24) is 15.0 Å². The van der Waals surface area contributed by atoms with E-state index in [1.54, 1.807) is 39.1 Å². The Kier molecular flexibility index (Phi) is 4.39. The summed E-state index contributed by atoms with van der Waals surface area (Å²) in [5, 5.41) is 4.48. The molecular formula is C18H18FN3O3. The number of nitrogens with zero attached hydrogens (tertiary/aromatic N) is 3. The van der Waals surface area contributed by atoms with Gasteiger partial charge in [-0.2, -0.15) is 0 Å². The smallest absolute Gasteiger partial charge is 0.258 e. The first kappa shape index (κ1) is 16.9. The molecule has 0 radical (unpaired) electrons. The highest BCUT2D eigenvalue weighted by Crippen LogP contribution is 2.24. The first-order chi connectivity index (χ1) is 11.9. The molecule has 0 aliphatic carbocycles. The minimum absolute atomic E-state index is 0.171. The summed E-state index contributed by atoms with van der Waals surface area (Å²) in [4.78, 5) is 18.6. The van der Waals surface area contributed by atoms with Crippen LogP contribution in [-0.4, -0.2) is 35.1 Å². The van der Waals surface area contributed by atoms with Gasteiger partial charge in [-0.3, -0.25) is 4.79 Å². The quantitative estimate of drug-likeness (QED) is 0.727. The van der Waals surface area contributed by atoms with Gasteiger partial charge < -0.3 is 14.2 Å². The average molecular weight is 343 g/mol. The summed E-state index contributed by atoms with van der Waals surface area (Å²) < 4.78 is 23.9. The van der Waals surface area contributed by atoms with Gasteiger partial charge in [0.25, 0.3) is 11.6 Å². The van der Waals surface area contributed by atoms with E-state index in [0.717, 1.165) is 0 Å². The van der Waals surface area contributed by atoms with Gasteiger partial charge in [-0.15, -0.1) is 0 Å². The number of rotatable bonds is 4. The van der Waals surface area contributed by atoms with Crippen molar-refractivity contribution in [3.8, 4) is 5.75 Å². The third-order valence-corrected chi connectivity index (χ3v) is 3.96. The minimum Gasteiger partial charge on any atom is -0.494 e. The predicted molar refractivity (Wildman–Crippen MR) is 90.0 cm³/mol. The van der Waals surface area contributed by atoms with Crippen molar-refractivity contribution in [2.24, 2.45) is 0 Å². The third-order valence-electron chi connectivity index (χ3n) is 3.96. The molecule has 0 fully saturated rings. The van der Waals surface area contributed by atoms with E-state index in [-0.39, 0.29) is 18.2 Å². The number of hydrogen-bond acceptors (Lipinski definition) is 5. The van der Waals surface area contributed by atoms with E-state index in [0.29, 0.717) is 33.6 Å². The zero-order valence-corrected chi connectivity index (χ0v) is 14.5. The van der Waals surface area contributed by atoms with Crippen molar-refractivity contribution < 1.29 is 18.4 Å². The Morgan fingerprint density at radius 3 is 2.76 bits per heavy atom. The number of carbonyl (C=O) groups excluding carboxylic acids is 1. The molecule has 0 unspecified atom stereocenters. The number of benzene rings is 1. The number of hydrogen-bond donors (Lipinski definition) is 0. The normalized spacial score (nSPS) is 10.9. The van der Waals surface area contributed by atoms with Crippen molar-refractivity contribution in [2.75, 3.05) is 14.2 Å². The lowest BCUT2D eigenvalue weighted by Crippen LogP contribution is -2.26. The fourth-order valence-electron chi connectivity index (χ4n) is 2.75. The molecule has 6 nitrogen and oxygen atoms in total. The molecule has 2 aromatic heterocycles. The number of methoxy groups -OCH3 is 1. The van der Waals surface area contributed by atoms with Crippen molar-refractivity contribution in [3.63, 3.8) is 0 Å². The zero-order valence-electron chi connectivity index (χ0n) is 14.5. The van der Waals surface area contributed by atoms with E-state index < -0.39 is 5.82 Å². The molecule has 0 aliphatic rings. The number of carbonyl (C=O) groups is 1.